The molecule has 8 heteroatoms. The molecule has 0 bridgehead atoms. The van der Waals surface area contributed by atoms with Gasteiger partial charge >= 0.3 is 0 Å². The Kier molecular flexibility index (Phi) is 4.53. The van der Waals surface area contributed by atoms with E-state index >= 15 is 0 Å². The van der Waals surface area contributed by atoms with Gasteiger partial charge in [-0.3, -0.25) is 0 Å². The molecule has 7 N–H and O–H groups in total. The van der Waals surface area contributed by atoms with E-state index in [4.69, 9.17) is 4.74 Å². The quantitative estimate of drug-likeness (QED) is 0.243. The zero-order chi connectivity index (χ0) is 22.6. The Morgan fingerprint density at radius 3 is 2.47 bits per heavy atom. The highest BCUT2D eigenvalue weighted by molar-refractivity contribution is 5.87. The molecule has 1 heterocycles. The van der Waals surface area contributed by atoms with Crippen molar-refractivity contribution in [2.24, 2.45) is 0 Å². The number of aromatic amines is 1. The molecule has 2 atom stereocenters. The second-order valence-corrected chi connectivity index (χ2v) is 8.05. The van der Waals surface area contributed by atoms with E-state index in [0.717, 1.165) is 0 Å². The Hall–Kier alpha value is -4.04. The Labute approximate surface area is 182 Å². The lowest BCUT2D eigenvalue weighted by Gasteiger charge is -2.31. The highest BCUT2D eigenvalue weighted by Crippen LogP contribution is 2.45. The van der Waals surface area contributed by atoms with Crippen molar-refractivity contribution in [3.05, 3.63) is 65.4 Å². The predicted octanol–water partition coefficient (Wildman–Crippen LogP) is 3.73. The van der Waals surface area contributed by atoms with Gasteiger partial charge in [-0.25, -0.2) is 0 Å². The Morgan fingerprint density at radius 2 is 1.66 bits per heavy atom. The van der Waals surface area contributed by atoms with Crippen molar-refractivity contribution in [2.45, 2.75) is 24.9 Å². The first kappa shape index (κ1) is 19.9. The van der Waals surface area contributed by atoms with Crippen molar-refractivity contribution < 1.29 is 35.4 Å². The number of aliphatic hydroxyl groups is 1. The third-order valence-corrected chi connectivity index (χ3v) is 5.97. The number of hydrogen-bond donors (Lipinski definition) is 7. The SMILES string of the molecule is Oc1cc(O)c2c(c1)CC(c1cc(O)c(O)c(Oc3cc(O)c4cc[nH]c4c3)c1)C(O)C2. The molecule has 32 heavy (non-hydrogen) atoms. The minimum absolute atomic E-state index is 0.00228. The fraction of sp³-hybridized carbons (Fsp3) is 0.167. The number of hydrogen-bond acceptors (Lipinski definition) is 7. The lowest BCUT2D eigenvalue weighted by atomic mass is 9.77. The number of fused-ring (bicyclic) bond motifs is 2. The average molecular weight is 435 g/mol. The van der Waals surface area contributed by atoms with Gasteiger partial charge in [0.15, 0.2) is 11.5 Å². The summed E-state index contributed by atoms with van der Waals surface area (Å²) in [5, 5.41) is 62.1. The fourth-order valence-electron chi connectivity index (χ4n) is 4.39. The highest BCUT2D eigenvalue weighted by atomic mass is 16.5. The first-order valence-electron chi connectivity index (χ1n) is 10.1. The van der Waals surface area contributed by atoms with Crippen LogP contribution in [-0.4, -0.2) is 41.7 Å². The largest absolute Gasteiger partial charge is 0.508 e. The first-order chi connectivity index (χ1) is 15.3. The fourth-order valence-corrected chi connectivity index (χ4v) is 4.39. The predicted molar refractivity (Wildman–Crippen MR) is 116 cm³/mol. The molecular formula is C24H21NO7. The molecule has 3 aromatic carbocycles. The van der Waals surface area contributed by atoms with Gasteiger partial charge in [-0.1, -0.05) is 0 Å². The summed E-state index contributed by atoms with van der Waals surface area (Å²) in [5.74, 6) is -1.31. The second kappa shape index (κ2) is 7.28. The number of H-pyrrole nitrogens is 1. The summed E-state index contributed by atoms with van der Waals surface area (Å²) in [6, 6.07) is 10.4. The third kappa shape index (κ3) is 3.30. The molecule has 164 valence electrons. The van der Waals surface area contributed by atoms with Gasteiger partial charge in [0.25, 0.3) is 0 Å². The molecule has 0 saturated carbocycles. The van der Waals surface area contributed by atoms with Crippen LogP contribution in [0.25, 0.3) is 10.9 Å². The van der Waals surface area contributed by atoms with Crippen LogP contribution in [0, 0.1) is 0 Å². The maximum Gasteiger partial charge on any atom is 0.201 e. The normalized spacial score (nSPS) is 17.9. The number of aromatic nitrogens is 1. The molecule has 0 spiro atoms. The molecule has 1 aromatic heterocycles. The minimum Gasteiger partial charge on any atom is -0.508 e. The van der Waals surface area contributed by atoms with Gasteiger partial charge in [0.05, 0.1) is 11.6 Å². The molecule has 2 unspecified atom stereocenters. The Balaban J connectivity index is 1.51. The van der Waals surface area contributed by atoms with Crippen LogP contribution < -0.4 is 4.74 Å². The summed E-state index contributed by atoms with van der Waals surface area (Å²) in [4.78, 5) is 2.97. The monoisotopic (exact) mass is 435 g/mol. The average Bonchev–Trinajstić information content (AvgIpc) is 3.21. The summed E-state index contributed by atoms with van der Waals surface area (Å²) >= 11 is 0. The lowest BCUT2D eigenvalue weighted by Crippen LogP contribution is -2.28. The van der Waals surface area contributed by atoms with E-state index in [9.17, 15) is 30.6 Å². The zero-order valence-corrected chi connectivity index (χ0v) is 16.8. The molecule has 4 aromatic rings. The van der Waals surface area contributed by atoms with Crippen LogP contribution in [0.4, 0.5) is 0 Å². The number of benzene rings is 3. The van der Waals surface area contributed by atoms with Gasteiger partial charge in [0.2, 0.25) is 5.75 Å². The maximum absolute atomic E-state index is 10.7. The summed E-state index contributed by atoms with van der Waals surface area (Å²) < 4.78 is 5.77. The van der Waals surface area contributed by atoms with Crippen LogP contribution in [0.5, 0.6) is 40.2 Å². The Bertz CT molecular complexity index is 1340. The topological polar surface area (TPSA) is 146 Å². The van der Waals surface area contributed by atoms with Gasteiger partial charge in [-0.2, -0.15) is 0 Å². The van der Waals surface area contributed by atoms with E-state index in [1.54, 1.807) is 24.4 Å². The van der Waals surface area contributed by atoms with Crippen molar-refractivity contribution >= 4 is 10.9 Å². The van der Waals surface area contributed by atoms with Crippen molar-refractivity contribution in [3.8, 4) is 40.2 Å². The van der Waals surface area contributed by atoms with Gasteiger partial charge in [-0.15, -0.1) is 0 Å². The van der Waals surface area contributed by atoms with Gasteiger partial charge in [0, 0.05) is 42.1 Å². The van der Waals surface area contributed by atoms with Crippen molar-refractivity contribution in [3.63, 3.8) is 0 Å². The molecule has 1 aliphatic carbocycles. The summed E-state index contributed by atoms with van der Waals surface area (Å²) in [5.41, 5.74) is 2.41. The lowest BCUT2D eigenvalue weighted by molar-refractivity contribution is 0.133. The van der Waals surface area contributed by atoms with Crippen LogP contribution in [0.1, 0.15) is 22.6 Å². The standard InChI is InChI=1S/C24H21NO7/c26-13-3-11-4-16(21(29)10-17(11)19(27)7-13)12-5-22(30)24(31)23(6-12)32-14-8-18-15(1-2-25-18)20(28)9-14/h1-3,5-9,16,21,25-31H,4,10H2. The van der Waals surface area contributed by atoms with E-state index in [1.165, 1.54) is 24.3 Å². The highest BCUT2D eigenvalue weighted by Gasteiger charge is 2.31. The van der Waals surface area contributed by atoms with E-state index < -0.39 is 23.5 Å². The van der Waals surface area contributed by atoms with E-state index in [0.29, 0.717) is 34.0 Å². The zero-order valence-electron chi connectivity index (χ0n) is 16.8. The van der Waals surface area contributed by atoms with Crippen LogP contribution in [-0.2, 0) is 12.8 Å². The van der Waals surface area contributed by atoms with Gasteiger partial charge in [-0.05, 0) is 47.4 Å². The number of ether oxygens (including phenoxy) is 1. The smallest absolute Gasteiger partial charge is 0.201 e. The molecular weight excluding hydrogens is 414 g/mol. The van der Waals surface area contributed by atoms with Crippen molar-refractivity contribution in [1.29, 1.82) is 0 Å². The van der Waals surface area contributed by atoms with Crippen LogP contribution in [0.3, 0.4) is 0 Å². The second-order valence-electron chi connectivity index (χ2n) is 8.05. The maximum atomic E-state index is 10.7. The van der Waals surface area contributed by atoms with Crippen molar-refractivity contribution in [1.82, 2.24) is 4.98 Å². The van der Waals surface area contributed by atoms with E-state index in [2.05, 4.69) is 4.98 Å². The molecule has 0 aliphatic heterocycles. The molecule has 8 nitrogen and oxygen atoms in total. The third-order valence-electron chi connectivity index (χ3n) is 5.97. The number of aromatic hydroxyl groups is 5. The number of nitrogens with one attached hydrogen (secondary N) is 1. The molecule has 0 saturated heterocycles. The summed E-state index contributed by atoms with van der Waals surface area (Å²) in [6.07, 6.45) is 1.28. The molecule has 5 rings (SSSR count). The molecule has 0 fully saturated rings. The van der Waals surface area contributed by atoms with Gasteiger partial charge < -0.3 is 40.4 Å². The minimum atomic E-state index is -0.867. The molecule has 0 radical (unpaired) electrons. The number of rotatable bonds is 3. The van der Waals surface area contributed by atoms with Crippen LogP contribution in [0.2, 0.25) is 0 Å². The first-order valence-corrected chi connectivity index (χ1v) is 10.1. The molecule has 1 aliphatic rings. The number of phenols is 5. The summed E-state index contributed by atoms with van der Waals surface area (Å²) in [6.45, 7) is 0. The Morgan fingerprint density at radius 1 is 0.844 bits per heavy atom. The van der Waals surface area contributed by atoms with Crippen molar-refractivity contribution in [2.75, 3.05) is 0 Å². The van der Waals surface area contributed by atoms with Gasteiger partial charge in [0.1, 0.15) is 23.0 Å². The van der Waals surface area contributed by atoms with Crippen LogP contribution in [0.15, 0.2) is 48.7 Å². The van der Waals surface area contributed by atoms with E-state index in [1.807, 2.05) is 0 Å². The van der Waals surface area contributed by atoms with Crippen LogP contribution >= 0.6 is 0 Å². The number of phenolic OH excluding ortho intramolecular Hbond substituents is 5. The number of aliphatic hydroxyl groups excluding tert-OH is 1. The molecule has 0 amide bonds. The van der Waals surface area contributed by atoms with E-state index in [-0.39, 0.29) is 35.2 Å². The summed E-state index contributed by atoms with van der Waals surface area (Å²) in [7, 11) is 0.